The van der Waals surface area contributed by atoms with Crippen molar-refractivity contribution in [2.24, 2.45) is 10.2 Å². The van der Waals surface area contributed by atoms with E-state index < -0.39 is 0 Å². The molecule has 0 radical (unpaired) electrons. The fraction of sp³-hybridized carbons (Fsp3) is 0.545. The summed E-state index contributed by atoms with van der Waals surface area (Å²) in [5.74, 6) is 0.796. The lowest BCUT2D eigenvalue weighted by Gasteiger charge is -2.22. The first kappa shape index (κ1) is 9.31. The first-order chi connectivity index (χ1) is 6.50. The molecule has 1 aromatic heterocycles. The predicted molar refractivity (Wildman–Crippen MR) is 55.9 cm³/mol. The molecule has 14 heavy (non-hydrogen) atoms. The number of pyridine rings is 1. The molecule has 2 heterocycles. The van der Waals surface area contributed by atoms with Crippen LogP contribution in [0.2, 0.25) is 0 Å². The second kappa shape index (κ2) is 2.87. The van der Waals surface area contributed by atoms with Crippen molar-refractivity contribution in [1.82, 2.24) is 4.98 Å². The number of hydrogen-bond acceptors (Lipinski definition) is 3. The van der Waals surface area contributed by atoms with Crippen LogP contribution in [0.25, 0.3) is 0 Å². The Kier molecular flexibility index (Phi) is 1.91. The van der Waals surface area contributed by atoms with Gasteiger partial charge in [-0.05, 0) is 24.0 Å². The van der Waals surface area contributed by atoms with Crippen molar-refractivity contribution in [1.29, 1.82) is 0 Å². The molecule has 1 aromatic rings. The van der Waals surface area contributed by atoms with E-state index in [0.29, 0.717) is 0 Å². The van der Waals surface area contributed by atoms with Crippen molar-refractivity contribution >= 4 is 5.82 Å². The molecule has 0 fully saturated rings. The van der Waals surface area contributed by atoms with E-state index in [1.807, 2.05) is 6.20 Å². The van der Waals surface area contributed by atoms with E-state index >= 15 is 0 Å². The molecule has 3 nitrogen and oxygen atoms in total. The summed E-state index contributed by atoms with van der Waals surface area (Å²) >= 11 is 0. The predicted octanol–water partition coefficient (Wildman–Crippen LogP) is 3.54. The Hall–Kier alpha value is -1.25. The van der Waals surface area contributed by atoms with Crippen LogP contribution in [0.3, 0.4) is 0 Å². The number of hydrogen-bond donors (Lipinski definition) is 0. The highest BCUT2D eigenvalue weighted by molar-refractivity contribution is 5.50. The lowest BCUT2D eigenvalue weighted by molar-refractivity contribution is 0.576. The van der Waals surface area contributed by atoms with Crippen LogP contribution in [0.4, 0.5) is 5.82 Å². The first-order valence-electron chi connectivity index (χ1n) is 4.90. The number of nitrogens with zero attached hydrogens (tertiary/aromatic N) is 3. The molecule has 0 amide bonds. The van der Waals surface area contributed by atoms with Gasteiger partial charge < -0.3 is 0 Å². The molecular formula is C11H15N3. The largest absolute Gasteiger partial charge is 0.235 e. The first-order valence-corrected chi connectivity index (χ1v) is 4.90. The van der Waals surface area contributed by atoms with Gasteiger partial charge in [0.25, 0.3) is 0 Å². The van der Waals surface area contributed by atoms with Gasteiger partial charge in [-0.25, -0.2) is 4.98 Å². The van der Waals surface area contributed by atoms with Crippen LogP contribution in [0.15, 0.2) is 22.5 Å². The normalized spacial score (nSPS) is 19.9. The zero-order valence-electron chi connectivity index (χ0n) is 9.07. The Morgan fingerprint density at radius 1 is 1.29 bits per heavy atom. The Morgan fingerprint density at radius 3 is 2.64 bits per heavy atom. The molecular weight excluding hydrogens is 174 g/mol. The van der Waals surface area contributed by atoms with Crippen molar-refractivity contribution in [3.63, 3.8) is 0 Å². The summed E-state index contributed by atoms with van der Waals surface area (Å²) in [5.41, 5.74) is 2.64. The second-order valence-corrected chi connectivity index (χ2v) is 4.74. The van der Waals surface area contributed by atoms with Crippen molar-refractivity contribution in [3.05, 3.63) is 23.4 Å². The maximum Gasteiger partial charge on any atom is 0.179 e. The van der Waals surface area contributed by atoms with E-state index in [9.17, 15) is 0 Å². The standard InChI is InChI=1S/C11H15N3/c1-7-9-8(11(2,3)4)5-6-12-10(9)14-13-7/h5-7H,1-4H3. The van der Waals surface area contributed by atoms with E-state index in [1.165, 1.54) is 11.1 Å². The van der Waals surface area contributed by atoms with Crippen LogP contribution < -0.4 is 0 Å². The van der Waals surface area contributed by atoms with Crippen molar-refractivity contribution in [2.45, 2.75) is 39.2 Å². The maximum absolute atomic E-state index is 4.22. The van der Waals surface area contributed by atoms with Gasteiger partial charge in [0.2, 0.25) is 0 Å². The van der Waals surface area contributed by atoms with Gasteiger partial charge in [-0.15, -0.1) is 5.11 Å². The SMILES string of the molecule is CC1N=Nc2nccc(C(C)(C)C)c21. The third-order valence-electron chi connectivity index (χ3n) is 2.52. The Balaban J connectivity index is 2.61. The van der Waals surface area contributed by atoms with E-state index in [0.717, 1.165) is 5.82 Å². The van der Waals surface area contributed by atoms with Gasteiger partial charge in [0.05, 0.1) is 6.04 Å². The molecule has 2 rings (SSSR count). The highest BCUT2D eigenvalue weighted by atomic mass is 15.2. The van der Waals surface area contributed by atoms with Gasteiger partial charge in [0.1, 0.15) is 0 Å². The minimum Gasteiger partial charge on any atom is -0.235 e. The van der Waals surface area contributed by atoms with Crippen molar-refractivity contribution < 1.29 is 0 Å². The molecule has 0 saturated carbocycles. The van der Waals surface area contributed by atoms with Crippen LogP contribution >= 0.6 is 0 Å². The van der Waals surface area contributed by atoms with Crippen molar-refractivity contribution in [2.75, 3.05) is 0 Å². The average molecular weight is 189 g/mol. The fourth-order valence-electron chi connectivity index (χ4n) is 1.81. The molecule has 74 valence electrons. The molecule has 0 saturated heterocycles. The maximum atomic E-state index is 4.22. The zero-order valence-corrected chi connectivity index (χ0v) is 9.07. The van der Waals surface area contributed by atoms with Gasteiger partial charge in [0.15, 0.2) is 5.82 Å². The van der Waals surface area contributed by atoms with Gasteiger partial charge >= 0.3 is 0 Å². The summed E-state index contributed by atoms with van der Waals surface area (Å²) in [4.78, 5) is 4.22. The molecule has 1 aliphatic rings. The topological polar surface area (TPSA) is 37.6 Å². The minimum atomic E-state index is 0.136. The number of rotatable bonds is 0. The van der Waals surface area contributed by atoms with Gasteiger partial charge in [-0.2, -0.15) is 5.11 Å². The second-order valence-electron chi connectivity index (χ2n) is 4.74. The van der Waals surface area contributed by atoms with Crippen LogP contribution in [-0.4, -0.2) is 4.98 Å². The molecule has 0 aliphatic carbocycles. The molecule has 0 N–H and O–H groups in total. The quantitative estimate of drug-likeness (QED) is 0.615. The summed E-state index contributed by atoms with van der Waals surface area (Å²) in [6.45, 7) is 8.67. The van der Waals surface area contributed by atoms with Crippen LogP contribution in [-0.2, 0) is 5.41 Å². The molecule has 1 aliphatic heterocycles. The van der Waals surface area contributed by atoms with E-state index in [-0.39, 0.29) is 11.5 Å². The van der Waals surface area contributed by atoms with Crippen LogP contribution in [0.1, 0.15) is 44.9 Å². The van der Waals surface area contributed by atoms with Gasteiger partial charge in [-0.1, -0.05) is 20.8 Å². The van der Waals surface area contributed by atoms with E-state index in [2.05, 4.69) is 49.0 Å². The summed E-state index contributed by atoms with van der Waals surface area (Å²) < 4.78 is 0. The molecule has 3 heteroatoms. The number of aromatic nitrogens is 1. The lowest BCUT2D eigenvalue weighted by atomic mass is 9.83. The zero-order chi connectivity index (χ0) is 10.3. The van der Waals surface area contributed by atoms with Crippen LogP contribution in [0.5, 0.6) is 0 Å². The number of fused-ring (bicyclic) bond motifs is 1. The van der Waals surface area contributed by atoms with Gasteiger partial charge in [0, 0.05) is 11.8 Å². The highest BCUT2D eigenvalue weighted by Gasteiger charge is 2.26. The monoisotopic (exact) mass is 189 g/mol. The molecule has 0 spiro atoms. The lowest BCUT2D eigenvalue weighted by Crippen LogP contribution is -2.14. The Bertz CT molecular complexity index is 388. The fourth-order valence-corrected chi connectivity index (χ4v) is 1.81. The molecule has 1 unspecified atom stereocenters. The molecule has 1 atom stereocenters. The van der Waals surface area contributed by atoms with Crippen LogP contribution in [0, 0.1) is 0 Å². The summed E-state index contributed by atoms with van der Waals surface area (Å²) in [7, 11) is 0. The highest BCUT2D eigenvalue weighted by Crippen LogP contribution is 2.40. The van der Waals surface area contributed by atoms with E-state index in [1.54, 1.807) is 0 Å². The van der Waals surface area contributed by atoms with E-state index in [4.69, 9.17) is 0 Å². The molecule has 0 bridgehead atoms. The molecule has 0 aromatic carbocycles. The summed E-state index contributed by atoms with van der Waals surface area (Å²) in [6.07, 6.45) is 1.82. The number of azo groups is 1. The summed E-state index contributed by atoms with van der Waals surface area (Å²) in [5, 5.41) is 8.21. The smallest absolute Gasteiger partial charge is 0.179 e. The van der Waals surface area contributed by atoms with Crippen molar-refractivity contribution in [3.8, 4) is 0 Å². The van der Waals surface area contributed by atoms with Gasteiger partial charge in [-0.3, -0.25) is 0 Å². The third-order valence-corrected chi connectivity index (χ3v) is 2.52. The minimum absolute atomic E-state index is 0.136. The third kappa shape index (κ3) is 1.33. The Labute approximate surface area is 84.3 Å². The Morgan fingerprint density at radius 2 is 2.00 bits per heavy atom. The average Bonchev–Trinajstić information content (AvgIpc) is 2.46. The summed E-state index contributed by atoms with van der Waals surface area (Å²) in [6, 6.07) is 2.24.